The van der Waals surface area contributed by atoms with Crippen molar-refractivity contribution in [1.82, 2.24) is 20.2 Å². The maximum atomic E-state index is 13.1. The first-order valence-corrected chi connectivity index (χ1v) is 12.0. The highest BCUT2D eigenvalue weighted by Gasteiger charge is 2.21. The van der Waals surface area contributed by atoms with E-state index >= 15 is 0 Å². The number of aryl methyl sites for hydroxylation is 1. The molecule has 1 unspecified atom stereocenters. The van der Waals surface area contributed by atoms with Gasteiger partial charge in [-0.3, -0.25) is 14.4 Å². The molecule has 3 heterocycles. The number of aromatic nitrogens is 2. The molecule has 0 radical (unpaired) electrons. The Kier molecular flexibility index (Phi) is 6.37. The first-order chi connectivity index (χ1) is 17.4. The number of nitrogens with one attached hydrogen (secondary N) is 3. The van der Waals surface area contributed by atoms with Crippen LogP contribution in [0.1, 0.15) is 36.2 Å². The Labute approximate surface area is 207 Å². The van der Waals surface area contributed by atoms with Gasteiger partial charge >= 0.3 is 0 Å². The van der Waals surface area contributed by atoms with Crippen molar-refractivity contribution in [2.45, 2.75) is 39.3 Å². The van der Waals surface area contributed by atoms with Crippen molar-refractivity contribution in [2.24, 2.45) is 0 Å². The predicted molar refractivity (Wildman–Crippen MR) is 137 cm³/mol. The van der Waals surface area contributed by atoms with E-state index in [0.717, 1.165) is 16.5 Å². The van der Waals surface area contributed by atoms with E-state index in [-0.39, 0.29) is 42.7 Å². The van der Waals surface area contributed by atoms with Crippen LogP contribution in [0.25, 0.3) is 21.8 Å². The molecule has 3 N–H and O–H groups in total. The number of rotatable bonds is 8. The molecule has 1 atom stereocenters. The van der Waals surface area contributed by atoms with Crippen molar-refractivity contribution < 1.29 is 19.1 Å². The Hall–Kier alpha value is -4.27. The quantitative estimate of drug-likeness (QED) is 0.353. The number of aromatic amines is 1. The van der Waals surface area contributed by atoms with Gasteiger partial charge < -0.3 is 29.7 Å². The Morgan fingerprint density at radius 2 is 1.92 bits per heavy atom. The van der Waals surface area contributed by atoms with E-state index in [1.54, 1.807) is 18.3 Å². The maximum absolute atomic E-state index is 13.1. The van der Waals surface area contributed by atoms with E-state index < -0.39 is 5.91 Å². The van der Waals surface area contributed by atoms with E-state index in [0.29, 0.717) is 35.4 Å². The minimum Gasteiger partial charge on any atom is -0.454 e. The van der Waals surface area contributed by atoms with E-state index in [9.17, 15) is 14.4 Å². The first kappa shape index (κ1) is 23.5. The van der Waals surface area contributed by atoms with Crippen LogP contribution in [-0.4, -0.2) is 40.7 Å². The van der Waals surface area contributed by atoms with Gasteiger partial charge in [0.1, 0.15) is 5.56 Å². The SMILES string of the molecule is CCn1cc(C(=O)NCCC(=O)NC(C)Cc2c[nH]c3ccccc23)c(=O)c2cc3c(cc21)OCO3. The molecule has 0 spiro atoms. The third-order valence-corrected chi connectivity index (χ3v) is 6.41. The lowest BCUT2D eigenvalue weighted by molar-refractivity contribution is -0.121. The monoisotopic (exact) mass is 488 g/mol. The zero-order chi connectivity index (χ0) is 25.2. The average Bonchev–Trinajstić information content (AvgIpc) is 3.50. The van der Waals surface area contributed by atoms with Crippen molar-refractivity contribution >= 4 is 33.6 Å². The summed E-state index contributed by atoms with van der Waals surface area (Å²) in [7, 11) is 0. The zero-order valence-electron chi connectivity index (χ0n) is 20.2. The molecule has 0 saturated heterocycles. The average molecular weight is 489 g/mol. The third kappa shape index (κ3) is 4.51. The van der Waals surface area contributed by atoms with Crippen LogP contribution in [0.2, 0.25) is 0 Å². The van der Waals surface area contributed by atoms with Crippen molar-refractivity contribution in [2.75, 3.05) is 13.3 Å². The summed E-state index contributed by atoms with van der Waals surface area (Å²) in [4.78, 5) is 41.6. The number of pyridine rings is 1. The third-order valence-electron chi connectivity index (χ3n) is 6.41. The Bertz CT molecular complexity index is 1520. The van der Waals surface area contributed by atoms with Gasteiger partial charge in [0.25, 0.3) is 5.91 Å². The molecular weight excluding hydrogens is 460 g/mol. The fraction of sp³-hybridized carbons (Fsp3) is 0.296. The zero-order valence-corrected chi connectivity index (χ0v) is 20.2. The van der Waals surface area contributed by atoms with Crippen LogP contribution in [-0.2, 0) is 17.8 Å². The molecular formula is C27H28N4O5. The smallest absolute Gasteiger partial charge is 0.256 e. The second-order valence-electron chi connectivity index (χ2n) is 8.92. The number of para-hydroxylation sites is 1. The number of nitrogens with zero attached hydrogens (tertiary/aromatic N) is 1. The van der Waals surface area contributed by atoms with Gasteiger partial charge in [0.05, 0.1) is 10.9 Å². The molecule has 2 aromatic carbocycles. The van der Waals surface area contributed by atoms with Crippen LogP contribution in [0.15, 0.2) is 53.6 Å². The highest BCUT2D eigenvalue weighted by molar-refractivity contribution is 5.98. The van der Waals surface area contributed by atoms with E-state index in [2.05, 4.69) is 21.7 Å². The summed E-state index contributed by atoms with van der Waals surface area (Å²) in [5, 5.41) is 7.21. The summed E-state index contributed by atoms with van der Waals surface area (Å²) in [5.41, 5.74) is 2.51. The molecule has 0 saturated carbocycles. The predicted octanol–water partition coefficient (Wildman–Crippen LogP) is 3.10. The van der Waals surface area contributed by atoms with Crippen LogP contribution in [0.4, 0.5) is 0 Å². The number of benzene rings is 2. The summed E-state index contributed by atoms with van der Waals surface area (Å²) in [6.07, 6.45) is 4.31. The molecule has 1 aliphatic rings. The molecule has 1 aliphatic heterocycles. The number of carbonyl (C=O) groups excluding carboxylic acids is 2. The molecule has 0 bridgehead atoms. The number of hydrogen-bond donors (Lipinski definition) is 3. The van der Waals surface area contributed by atoms with Crippen LogP contribution in [0.3, 0.4) is 0 Å². The highest BCUT2D eigenvalue weighted by atomic mass is 16.7. The normalized spacial score (nSPS) is 13.2. The van der Waals surface area contributed by atoms with Gasteiger partial charge in [-0.25, -0.2) is 0 Å². The summed E-state index contributed by atoms with van der Waals surface area (Å²) in [6.45, 7) is 4.66. The summed E-state index contributed by atoms with van der Waals surface area (Å²) < 4.78 is 12.6. The van der Waals surface area contributed by atoms with Gasteiger partial charge in [-0.05, 0) is 38.0 Å². The van der Waals surface area contributed by atoms with Crippen LogP contribution < -0.4 is 25.5 Å². The lowest BCUT2D eigenvalue weighted by Gasteiger charge is -2.14. The van der Waals surface area contributed by atoms with Crippen molar-refractivity contribution in [1.29, 1.82) is 0 Å². The molecule has 0 aliphatic carbocycles. The Morgan fingerprint density at radius 3 is 2.72 bits per heavy atom. The second-order valence-corrected chi connectivity index (χ2v) is 8.92. The fourth-order valence-electron chi connectivity index (χ4n) is 4.62. The van der Waals surface area contributed by atoms with Crippen molar-refractivity contribution in [3.8, 4) is 11.5 Å². The minimum absolute atomic E-state index is 0.0244. The second kappa shape index (κ2) is 9.77. The topological polar surface area (TPSA) is 114 Å². The molecule has 5 rings (SSSR count). The molecule has 9 heteroatoms. The highest BCUT2D eigenvalue weighted by Crippen LogP contribution is 2.35. The van der Waals surface area contributed by atoms with Crippen molar-refractivity contribution in [3.05, 3.63) is 70.1 Å². The van der Waals surface area contributed by atoms with Gasteiger partial charge in [-0.1, -0.05) is 18.2 Å². The van der Waals surface area contributed by atoms with Crippen LogP contribution in [0.5, 0.6) is 11.5 Å². The number of H-pyrrole nitrogens is 1. The number of amides is 2. The Morgan fingerprint density at radius 1 is 1.14 bits per heavy atom. The molecule has 9 nitrogen and oxygen atoms in total. The van der Waals surface area contributed by atoms with E-state index in [1.165, 1.54) is 0 Å². The number of fused-ring (bicyclic) bond motifs is 3. The molecule has 2 aromatic heterocycles. The van der Waals surface area contributed by atoms with Gasteiger partial charge in [0.15, 0.2) is 11.5 Å². The van der Waals surface area contributed by atoms with Crippen LogP contribution in [0, 0.1) is 0 Å². The number of ether oxygens (including phenoxy) is 2. The minimum atomic E-state index is -0.513. The number of carbonyl (C=O) groups is 2. The van der Waals surface area contributed by atoms with Gasteiger partial charge in [-0.15, -0.1) is 0 Å². The standard InChI is InChI=1S/C27H28N4O5/c1-3-31-14-20(26(33)19-11-23-24(12-22(19)31)36-15-35-23)27(34)28-9-8-25(32)30-16(2)10-17-13-29-21-7-5-4-6-18(17)21/h4-7,11-14,16,29H,3,8-10,15H2,1-2H3,(H,28,34)(H,30,32). The molecule has 0 fully saturated rings. The lowest BCUT2D eigenvalue weighted by Crippen LogP contribution is -2.37. The summed E-state index contributed by atoms with van der Waals surface area (Å²) in [6, 6.07) is 11.3. The Balaban J connectivity index is 1.20. The lowest BCUT2D eigenvalue weighted by atomic mass is 10.1. The van der Waals surface area contributed by atoms with E-state index in [1.807, 2.05) is 42.8 Å². The summed E-state index contributed by atoms with van der Waals surface area (Å²) >= 11 is 0. The van der Waals surface area contributed by atoms with E-state index in [4.69, 9.17) is 9.47 Å². The van der Waals surface area contributed by atoms with Gasteiger partial charge in [0.2, 0.25) is 18.1 Å². The largest absolute Gasteiger partial charge is 0.454 e. The molecule has 36 heavy (non-hydrogen) atoms. The molecule has 2 amide bonds. The molecule has 186 valence electrons. The van der Waals surface area contributed by atoms with Crippen molar-refractivity contribution in [3.63, 3.8) is 0 Å². The van der Waals surface area contributed by atoms with Crippen LogP contribution >= 0.6 is 0 Å². The number of hydrogen-bond acceptors (Lipinski definition) is 5. The fourth-order valence-corrected chi connectivity index (χ4v) is 4.62. The molecule has 4 aromatic rings. The van der Waals surface area contributed by atoms with Gasteiger partial charge in [-0.2, -0.15) is 0 Å². The first-order valence-electron chi connectivity index (χ1n) is 12.0. The maximum Gasteiger partial charge on any atom is 0.256 e. The van der Waals surface area contributed by atoms with Gasteiger partial charge in [0, 0.05) is 54.9 Å². The summed E-state index contributed by atoms with van der Waals surface area (Å²) in [5.74, 6) is 0.380.